The lowest BCUT2D eigenvalue weighted by molar-refractivity contribution is -0.204. The lowest BCUT2D eigenvalue weighted by Gasteiger charge is -2.08. The minimum Gasteiger partial charge on any atom is -0.363 e. The molecule has 1 fully saturated rings. The van der Waals surface area contributed by atoms with Crippen molar-refractivity contribution in [3.8, 4) is 0 Å². The Labute approximate surface area is 42.8 Å². The monoisotopic (exact) mass is 101 g/mol. The normalized spacial score (nSPS) is 22.7. The van der Waals surface area contributed by atoms with E-state index in [-0.39, 0.29) is 5.92 Å². The van der Waals surface area contributed by atoms with E-state index in [2.05, 4.69) is 0 Å². The molecule has 0 aromatic heterocycles. The molecule has 1 radical (unpaired) electrons. The Morgan fingerprint density at radius 1 is 1.71 bits per heavy atom. The first-order chi connectivity index (χ1) is 3.11. The molecule has 2 heteroatoms. The predicted octanol–water partition coefficient (Wildman–Crippen LogP) is 0.535. The van der Waals surface area contributed by atoms with Gasteiger partial charge >= 0.3 is 0 Å². The van der Waals surface area contributed by atoms with Crippen LogP contribution in [0, 0.1) is 5.92 Å². The maximum Gasteiger partial charge on any atom is 0.199 e. The van der Waals surface area contributed by atoms with Crippen LogP contribution in [0.15, 0.2) is 0 Å². The highest BCUT2D eigenvalue weighted by atomic mass is 16.5. The summed E-state index contributed by atoms with van der Waals surface area (Å²) in [5.74, 6) is -1.59. The standard InChI is InChI=1S/C5H9O2/c1-5(6,7)4-2-3-4/h4,6H,2-3H2,1H3. The lowest BCUT2D eigenvalue weighted by atomic mass is 10.2. The first-order valence-electron chi connectivity index (χ1n) is 2.53. The molecule has 1 N–H and O–H groups in total. The molecule has 1 aliphatic rings. The van der Waals surface area contributed by atoms with E-state index in [1.54, 1.807) is 0 Å². The van der Waals surface area contributed by atoms with Crippen LogP contribution in [0.2, 0.25) is 0 Å². The van der Waals surface area contributed by atoms with Crippen molar-refractivity contribution in [2.75, 3.05) is 0 Å². The molecule has 0 aromatic carbocycles. The maximum absolute atomic E-state index is 10.4. The van der Waals surface area contributed by atoms with Crippen LogP contribution in [0.1, 0.15) is 19.8 Å². The molecule has 0 amide bonds. The van der Waals surface area contributed by atoms with Crippen molar-refractivity contribution in [2.45, 2.75) is 25.6 Å². The summed E-state index contributed by atoms with van der Waals surface area (Å²) in [7, 11) is 0. The number of aliphatic hydroxyl groups is 1. The molecular formula is C5H9O2. The van der Waals surface area contributed by atoms with Crippen molar-refractivity contribution < 1.29 is 10.2 Å². The largest absolute Gasteiger partial charge is 0.363 e. The summed E-state index contributed by atoms with van der Waals surface area (Å²) >= 11 is 0. The van der Waals surface area contributed by atoms with Gasteiger partial charge in [-0.3, -0.25) is 0 Å². The van der Waals surface area contributed by atoms with Crippen LogP contribution in [0.3, 0.4) is 0 Å². The zero-order valence-corrected chi connectivity index (χ0v) is 4.35. The smallest absolute Gasteiger partial charge is 0.199 e. The van der Waals surface area contributed by atoms with Crippen LogP contribution in [-0.4, -0.2) is 10.9 Å². The molecule has 1 aliphatic carbocycles. The van der Waals surface area contributed by atoms with Gasteiger partial charge in [-0.15, -0.1) is 0 Å². The van der Waals surface area contributed by atoms with Gasteiger partial charge in [0.05, 0.1) is 0 Å². The molecule has 0 spiro atoms. The third-order valence-electron chi connectivity index (χ3n) is 1.33. The molecule has 1 atom stereocenters. The molecule has 41 valence electrons. The van der Waals surface area contributed by atoms with E-state index in [1.807, 2.05) is 0 Å². The van der Waals surface area contributed by atoms with E-state index < -0.39 is 5.79 Å². The van der Waals surface area contributed by atoms with E-state index >= 15 is 0 Å². The van der Waals surface area contributed by atoms with Gasteiger partial charge in [0.25, 0.3) is 0 Å². The van der Waals surface area contributed by atoms with Gasteiger partial charge in [0.15, 0.2) is 5.79 Å². The number of hydrogen-bond acceptors (Lipinski definition) is 1. The first kappa shape index (κ1) is 5.06. The predicted molar refractivity (Wildman–Crippen MR) is 24.0 cm³/mol. The Kier molecular flexibility index (Phi) is 0.869. The molecule has 0 aliphatic heterocycles. The van der Waals surface area contributed by atoms with Crippen molar-refractivity contribution in [3.05, 3.63) is 0 Å². The van der Waals surface area contributed by atoms with Gasteiger partial charge in [-0.2, -0.15) is 5.11 Å². The fourth-order valence-electron chi connectivity index (χ4n) is 0.619. The third-order valence-corrected chi connectivity index (χ3v) is 1.33. The summed E-state index contributed by atoms with van der Waals surface area (Å²) in [6.07, 6.45) is 1.83. The summed E-state index contributed by atoms with van der Waals surface area (Å²) in [5.41, 5.74) is 0. The summed E-state index contributed by atoms with van der Waals surface area (Å²) in [5, 5.41) is 19.0. The Hall–Kier alpha value is -0.0800. The molecule has 0 bridgehead atoms. The van der Waals surface area contributed by atoms with Crippen LogP contribution in [0.4, 0.5) is 0 Å². The minimum atomic E-state index is -1.64. The molecule has 7 heavy (non-hydrogen) atoms. The minimum absolute atomic E-state index is 0.0486. The van der Waals surface area contributed by atoms with Crippen molar-refractivity contribution >= 4 is 0 Å². The van der Waals surface area contributed by atoms with Gasteiger partial charge in [0.2, 0.25) is 0 Å². The average Bonchev–Trinajstić information content (AvgIpc) is 1.99. The Morgan fingerprint density at radius 2 is 2.14 bits per heavy atom. The number of hydrogen-bond donors (Lipinski definition) is 1. The second-order valence-corrected chi connectivity index (χ2v) is 2.33. The molecular weight excluding hydrogens is 92.1 g/mol. The summed E-state index contributed by atoms with van der Waals surface area (Å²) in [6, 6.07) is 0. The van der Waals surface area contributed by atoms with Gasteiger partial charge < -0.3 is 5.11 Å². The molecule has 1 saturated carbocycles. The maximum atomic E-state index is 10.4. The highest BCUT2D eigenvalue weighted by molar-refractivity contribution is 4.82. The SMILES string of the molecule is CC([O])(O)C1CC1. The van der Waals surface area contributed by atoms with Crippen molar-refractivity contribution in [1.29, 1.82) is 0 Å². The molecule has 0 aromatic rings. The van der Waals surface area contributed by atoms with E-state index in [1.165, 1.54) is 6.92 Å². The molecule has 0 saturated heterocycles. The quantitative estimate of drug-likeness (QED) is 0.481. The van der Waals surface area contributed by atoms with Crippen LogP contribution in [0.25, 0.3) is 0 Å². The summed E-state index contributed by atoms with van der Waals surface area (Å²) < 4.78 is 0. The van der Waals surface area contributed by atoms with Gasteiger partial charge in [-0.1, -0.05) is 0 Å². The zero-order chi connectivity index (χ0) is 5.49. The highest BCUT2D eigenvalue weighted by Crippen LogP contribution is 2.37. The Balaban J connectivity index is 2.36. The molecule has 2 nitrogen and oxygen atoms in total. The van der Waals surface area contributed by atoms with Crippen LogP contribution in [-0.2, 0) is 5.11 Å². The molecule has 1 rings (SSSR count). The van der Waals surface area contributed by atoms with Gasteiger partial charge in [-0.05, 0) is 19.8 Å². The van der Waals surface area contributed by atoms with Crippen molar-refractivity contribution in [1.82, 2.24) is 0 Å². The van der Waals surface area contributed by atoms with E-state index in [4.69, 9.17) is 5.11 Å². The van der Waals surface area contributed by atoms with Crippen molar-refractivity contribution in [3.63, 3.8) is 0 Å². The van der Waals surface area contributed by atoms with Gasteiger partial charge in [0.1, 0.15) is 0 Å². The van der Waals surface area contributed by atoms with Crippen LogP contribution >= 0.6 is 0 Å². The average molecular weight is 101 g/mol. The second-order valence-electron chi connectivity index (χ2n) is 2.33. The van der Waals surface area contributed by atoms with E-state index in [0.29, 0.717) is 0 Å². The van der Waals surface area contributed by atoms with E-state index in [9.17, 15) is 5.11 Å². The molecule has 1 unspecified atom stereocenters. The Bertz CT molecular complexity index is 68.6. The molecule has 0 heterocycles. The van der Waals surface area contributed by atoms with Gasteiger partial charge in [-0.25, -0.2) is 0 Å². The van der Waals surface area contributed by atoms with E-state index in [0.717, 1.165) is 12.8 Å². The third kappa shape index (κ3) is 1.14. The lowest BCUT2D eigenvalue weighted by Crippen LogP contribution is -2.23. The van der Waals surface area contributed by atoms with Crippen LogP contribution in [0.5, 0.6) is 0 Å². The summed E-state index contributed by atoms with van der Waals surface area (Å²) in [6.45, 7) is 1.32. The summed E-state index contributed by atoms with van der Waals surface area (Å²) in [4.78, 5) is 0. The zero-order valence-electron chi connectivity index (χ0n) is 4.35. The number of rotatable bonds is 1. The van der Waals surface area contributed by atoms with Gasteiger partial charge in [0, 0.05) is 5.92 Å². The van der Waals surface area contributed by atoms with Crippen LogP contribution < -0.4 is 0 Å². The second kappa shape index (κ2) is 1.20. The highest BCUT2D eigenvalue weighted by Gasteiger charge is 2.39. The Morgan fingerprint density at radius 3 is 2.14 bits per heavy atom. The fraction of sp³-hybridized carbons (Fsp3) is 1.00. The first-order valence-corrected chi connectivity index (χ1v) is 2.53. The topological polar surface area (TPSA) is 40.1 Å². The van der Waals surface area contributed by atoms with Crippen molar-refractivity contribution in [2.24, 2.45) is 5.92 Å². The fourth-order valence-corrected chi connectivity index (χ4v) is 0.619.